The lowest BCUT2D eigenvalue weighted by atomic mass is 9.95. The van der Waals surface area contributed by atoms with Gasteiger partial charge in [-0.2, -0.15) is 0 Å². The number of aromatic amines is 1. The maximum Gasteiger partial charge on any atom is 0.251 e. The molecule has 0 saturated carbocycles. The number of H-pyrrole nitrogens is 1. The molecule has 1 N–H and O–H groups in total. The molecule has 4 heterocycles. The van der Waals surface area contributed by atoms with Crippen molar-refractivity contribution in [2.75, 3.05) is 26.3 Å². The summed E-state index contributed by atoms with van der Waals surface area (Å²) >= 11 is 4.47. The van der Waals surface area contributed by atoms with E-state index >= 15 is 0 Å². The van der Waals surface area contributed by atoms with E-state index in [1.807, 2.05) is 19.9 Å². The van der Waals surface area contributed by atoms with E-state index in [1.54, 1.807) is 0 Å². The first-order chi connectivity index (χ1) is 14.8. The fourth-order valence-electron chi connectivity index (χ4n) is 4.72. The van der Waals surface area contributed by atoms with E-state index in [2.05, 4.69) is 65.7 Å². The van der Waals surface area contributed by atoms with Crippen LogP contribution in [0.15, 0.2) is 35.8 Å². The van der Waals surface area contributed by atoms with Crippen LogP contribution in [0.5, 0.6) is 0 Å². The summed E-state index contributed by atoms with van der Waals surface area (Å²) in [5.74, 6) is 0. The van der Waals surface area contributed by atoms with E-state index in [9.17, 15) is 4.79 Å². The van der Waals surface area contributed by atoms with Gasteiger partial charge in [0.15, 0.2) is 0 Å². The second-order valence-electron chi connectivity index (χ2n) is 8.59. The molecule has 5 nitrogen and oxygen atoms in total. The highest BCUT2D eigenvalue weighted by Gasteiger charge is 2.24. The van der Waals surface area contributed by atoms with E-state index in [0.29, 0.717) is 6.42 Å². The second kappa shape index (κ2) is 8.69. The third kappa shape index (κ3) is 4.25. The Morgan fingerprint density at radius 1 is 1.23 bits per heavy atom. The second-order valence-corrected chi connectivity index (χ2v) is 9.13. The van der Waals surface area contributed by atoms with Crippen LogP contribution in [-0.4, -0.2) is 40.6 Å². The predicted octanol–water partition coefficient (Wildman–Crippen LogP) is 4.44. The minimum absolute atomic E-state index is 0.000594. The normalized spacial score (nSPS) is 16.0. The molecule has 1 atom stereocenters. The summed E-state index contributed by atoms with van der Waals surface area (Å²) in [7, 11) is 0. The lowest BCUT2D eigenvalue weighted by Crippen LogP contribution is -2.39. The molecule has 0 amide bonds. The summed E-state index contributed by atoms with van der Waals surface area (Å²) in [5.41, 5.74) is 8.50. The molecule has 31 heavy (non-hydrogen) atoms. The zero-order valence-electron chi connectivity index (χ0n) is 18.8. The fourth-order valence-corrected chi connectivity index (χ4v) is 4.84. The lowest BCUT2D eigenvalue weighted by molar-refractivity contribution is 0.0187. The number of ether oxygens (including phenoxy) is 1. The predicted molar refractivity (Wildman–Crippen MR) is 130 cm³/mol. The average Bonchev–Trinajstić information content (AvgIpc) is 3.15. The third-order valence-electron chi connectivity index (χ3n) is 6.48. The Morgan fingerprint density at radius 2 is 1.94 bits per heavy atom. The van der Waals surface area contributed by atoms with Crippen molar-refractivity contribution >= 4 is 23.1 Å². The molecule has 164 valence electrons. The lowest BCUT2D eigenvalue weighted by Gasteiger charge is -2.34. The van der Waals surface area contributed by atoms with Crippen LogP contribution in [0, 0.1) is 20.8 Å². The van der Waals surface area contributed by atoms with E-state index in [1.165, 1.54) is 16.8 Å². The Balaban J connectivity index is 1.87. The van der Waals surface area contributed by atoms with Crippen molar-refractivity contribution in [2.24, 2.45) is 0 Å². The molecular formula is C25H31N3O2S. The van der Waals surface area contributed by atoms with Gasteiger partial charge in [0, 0.05) is 64.7 Å². The molecule has 1 unspecified atom stereocenters. The minimum atomic E-state index is -0.000594. The maximum absolute atomic E-state index is 12.7. The number of fused-ring (bicyclic) bond motifs is 1. The number of rotatable bonds is 5. The molecule has 0 aromatic carbocycles. The van der Waals surface area contributed by atoms with Gasteiger partial charge < -0.3 is 14.1 Å². The van der Waals surface area contributed by atoms with Crippen LogP contribution >= 0.6 is 12.6 Å². The van der Waals surface area contributed by atoms with Gasteiger partial charge in [-0.3, -0.25) is 9.69 Å². The van der Waals surface area contributed by atoms with E-state index in [0.717, 1.165) is 59.1 Å². The molecule has 3 aromatic heterocycles. The number of aryl methyl sites for hydroxylation is 2. The summed E-state index contributed by atoms with van der Waals surface area (Å²) in [6.07, 6.45) is 2.73. The zero-order chi connectivity index (χ0) is 22.3. The quantitative estimate of drug-likeness (QED) is 0.581. The van der Waals surface area contributed by atoms with Crippen LogP contribution in [0.3, 0.4) is 0 Å². The highest BCUT2D eigenvalue weighted by molar-refractivity contribution is 7.90. The Labute approximate surface area is 189 Å². The Hall–Kier alpha value is -2.28. The van der Waals surface area contributed by atoms with Crippen molar-refractivity contribution in [3.05, 3.63) is 80.5 Å². The molecule has 0 spiro atoms. The molecule has 4 rings (SSSR count). The SMILES string of the molecule is C=C(S)c1cc2cc(Cc3c(C)cc(C)[nH]c3=O)c(C)c(C(C)N3CCOCC3)n2c1. The number of aromatic nitrogens is 2. The molecule has 0 bridgehead atoms. The number of hydrogen-bond acceptors (Lipinski definition) is 4. The molecule has 1 aliphatic heterocycles. The summed E-state index contributed by atoms with van der Waals surface area (Å²) in [5, 5.41) is 0. The number of morpholine rings is 1. The molecular weight excluding hydrogens is 406 g/mol. The topological polar surface area (TPSA) is 49.7 Å². The fraction of sp³-hybridized carbons (Fsp3) is 0.400. The van der Waals surface area contributed by atoms with Gasteiger partial charge in [-0.1, -0.05) is 6.58 Å². The van der Waals surface area contributed by atoms with Crippen molar-refractivity contribution < 1.29 is 4.74 Å². The first-order valence-electron chi connectivity index (χ1n) is 10.8. The van der Waals surface area contributed by atoms with Crippen molar-refractivity contribution in [3.8, 4) is 0 Å². The smallest absolute Gasteiger partial charge is 0.251 e. The van der Waals surface area contributed by atoms with Gasteiger partial charge in [0.1, 0.15) is 0 Å². The van der Waals surface area contributed by atoms with Crippen LogP contribution in [-0.2, 0) is 11.2 Å². The van der Waals surface area contributed by atoms with Crippen molar-refractivity contribution in [1.29, 1.82) is 0 Å². The van der Waals surface area contributed by atoms with Gasteiger partial charge in [0.2, 0.25) is 0 Å². The Kier molecular flexibility index (Phi) is 6.15. The van der Waals surface area contributed by atoms with Gasteiger partial charge in [-0.25, -0.2) is 0 Å². The van der Waals surface area contributed by atoms with Crippen LogP contribution < -0.4 is 5.56 Å². The summed E-state index contributed by atoms with van der Waals surface area (Å²) in [4.78, 5) is 18.9. The number of nitrogens with one attached hydrogen (secondary N) is 1. The van der Waals surface area contributed by atoms with Crippen LogP contribution in [0.1, 0.15) is 52.2 Å². The van der Waals surface area contributed by atoms with Gasteiger partial charge in [-0.05, 0) is 62.6 Å². The summed E-state index contributed by atoms with van der Waals surface area (Å²) in [6, 6.07) is 6.59. The number of thiol groups is 1. The largest absolute Gasteiger partial charge is 0.379 e. The van der Waals surface area contributed by atoms with Gasteiger partial charge >= 0.3 is 0 Å². The minimum Gasteiger partial charge on any atom is -0.379 e. The van der Waals surface area contributed by atoms with Crippen molar-refractivity contribution in [2.45, 2.75) is 40.2 Å². The van der Waals surface area contributed by atoms with Crippen LogP contribution in [0.4, 0.5) is 0 Å². The van der Waals surface area contributed by atoms with Gasteiger partial charge in [0.25, 0.3) is 5.56 Å². The highest BCUT2D eigenvalue weighted by atomic mass is 32.1. The van der Waals surface area contributed by atoms with Gasteiger partial charge in [-0.15, -0.1) is 12.6 Å². The average molecular weight is 438 g/mol. The Morgan fingerprint density at radius 3 is 2.58 bits per heavy atom. The molecule has 0 aliphatic carbocycles. The van der Waals surface area contributed by atoms with E-state index in [4.69, 9.17) is 4.74 Å². The van der Waals surface area contributed by atoms with Crippen molar-refractivity contribution in [3.63, 3.8) is 0 Å². The third-order valence-corrected chi connectivity index (χ3v) is 6.74. The number of hydrogen-bond donors (Lipinski definition) is 2. The van der Waals surface area contributed by atoms with Crippen LogP contribution in [0.2, 0.25) is 0 Å². The molecule has 1 aliphatic rings. The highest BCUT2D eigenvalue weighted by Crippen LogP contribution is 2.32. The van der Waals surface area contributed by atoms with E-state index < -0.39 is 0 Å². The first-order valence-corrected chi connectivity index (χ1v) is 11.2. The Bertz CT molecular complexity index is 1200. The number of nitrogens with zero attached hydrogens (tertiary/aromatic N) is 2. The van der Waals surface area contributed by atoms with Crippen LogP contribution in [0.25, 0.3) is 10.4 Å². The molecule has 3 aromatic rings. The monoisotopic (exact) mass is 437 g/mol. The van der Waals surface area contributed by atoms with Crippen molar-refractivity contribution in [1.82, 2.24) is 14.3 Å². The van der Waals surface area contributed by atoms with E-state index in [-0.39, 0.29) is 11.6 Å². The zero-order valence-corrected chi connectivity index (χ0v) is 19.7. The number of pyridine rings is 2. The molecule has 6 heteroatoms. The first kappa shape index (κ1) is 21.9. The molecule has 1 fully saturated rings. The van der Waals surface area contributed by atoms with Gasteiger partial charge in [0.05, 0.1) is 13.2 Å². The maximum atomic E-state index is 12.7. The molecule has 1 saturated heterocycles. The summed E-state index contributed by atoms with van der Waals surface area (Å²) in [6.45, 7) is 15.7. The standard InChI is InChI=1S/C25H31N3O2S/c1-15-10-16(2)26-25(29)23(15)13-20-11-22-12-21(19(5)31)14-28(22)24(17(20)3)18(4)27-6-8-30-9-7-27/h10-12,14,18,31H,5-9,13H2,1-4H3,(H,26,29). The molecule has 0 radical (unpaired) electrons. The summed E-state index contributed by atoms with van der Waals surface area (Å²) < 4.78 is 7.84.